The van der Waals surface area contributed by atoms with E-state index in [1.54, 1.807) is 13.8 Å². The summed E-state index contributed by atoms with van der Waals surface area (Å²) in [5.74, 6) is 0.0738. The maximum Gasteiger partial charge on any atom is 0.323 e. The standard InChI is InChI=1S/C27H32O5/c1-3-30-23(28)25(24(29)31-4-2)16-26(20-12-8-6-9-13-20)18-27(26,17-25)22-21-14-10-5-7-11-19(21)15-32-22/h6,8-9,12-13,15H,3-5,7,10-11,14,16-18H2,1-2H3. The third-order valence-corrected chi connectivity index (χ3v) is 8.05. The molecule has 5 nitrogen and oxygen atoms in total. The minimum absolute atomic E-state index is 0.238. The predicted octanol–water partition coefficient (Wildman–Crippen LogP) is 5.03. The van der Waals surface area contributed by atoms with E-state index in [0.29, 0.717) is 12.8 Å². The van der Waals surface area contributed by atoms with Crippen LogP contribution in [0.15, 0.2) is 41.0 Å². The minimum atomic E-state index is -1.30. The Bertz CT molecular complexity index is 1000. The first-order chi connectivity index (χ1) is 15.5. The van der Waals surface area contributed by atoms with Crippen LogP contribution >= 0.6 is 0 Å². The molecular weight excluding hydrogens is 404 g/mol. The quantitative estimate of drug-likeness (QED) is 0.361. The van der Waals surface area contributed by atoms with Gasteiger partial charge in [-0.2, -0.15) is 0 Å². The summed E-state index contributed by atoms with van der Waals surface area (Å²) < 4.78 is 17.3. The molecule has 2 saturated carbocycles. The van der Waals surface area contributed by atoms with Crippen LogP contribution < -0.4 is 0 Å². The van der Waals surface area contributed by atoms with Crippen LogP contribution in [0.5, 0.6) is 0 Å². The molecule has 2 aromatic rings. The number of fused-ring (bicyclic) bond motifs is 2. The average Bonchev–Trinajstić information content (AvgIpc) is 3.21. The van der Waals surface area contributed by atoms with Gasteiger partial charge in [-0.05, 0) is 75.5 Å². The molecule has 0 aliphatic heterocycles. The molecule has 1 heterocycles. The van der Waals surface area contributed by atoms with Crippen LogP contribution in [0.1, 0.15) is 74.8 Å². The van der Waals surface area contributed by atoms with Crippen molar-refractivity contribution in [2.24, 2.45) is 5.41 Å². The zero-order valence-electron chi connectivity index (χ0n) is 19.1. The third-order valence-electron chi connectivity index (χ3n) is 8.05. The van der Waals surface area contributed by atoms with E-state index in [1.165, 1.54) is 24.0 Å². The zero-order chi connectivity index (χ0) is 22.4. The third kappa shape index (κ3) is 2.89. The molecule has 0 spiro atoms. The van der Waals surface area contributed by atoms with Crippen molar-refractivity contribution in [1.82, 2.24) is 0 Å². The van der Waals surface area contributed by atoms with Crippen molar-refractivity contribution in [2.75, 3.05) is 13.2 Å². The van der Waals surface area contributed by atoms with E-state index in [1.807, 2.05) is 24.5 Å². The van der Waals surface area contributed by atoms with Gasteiger partial charge in [0.15, 0.2) is 5.41 Å². The summed E-state index contributed by atoms with van der Waals surface area (Å²) >= 11 is 0. The SMILES string of the molecule is CCOC(=O)C1(C(=O)OCC)CC2(c3ccccc3)CC2(c2occ3c2CCCCC3)C1. The second-order valence-electron chi connectivity index (χ2n) is 9.71. The van der Waals surface area contributed by atoms with E-state index in [2.05, 4.69) is 12.1 Å². The number of aryl methyl sites for hydroxylation is 1. The number of ether oxygens (including phenoxy) is 2. The highest BCUT2D eigenvalue weighted by atomic mass is 16.6. The lowest BCUT2D eigenvalue weighted by atomic mass is 9.78. The smallest absolute Gasteiger partial charge is 0.323 e. The lowest BCUT2D eigenvalue weighted by Gasteiger charge is -2.28. The minimum Gasteiger partial charge on any atom is -0.468 e. The summed E-state index contributed by atoms with van der Waals surface area (Å²) in [6.45, 7) is 4.03. The van der Waals surface area contributed by atoms with Crippen LogP contribution in [0.2, 0.25) is 0 Å². The highest BCUT2D eigenvalue weighted by Crippen LogP contribution is 2.79. The Balaban J connectivity index is 1.66. The first-order valence-electron chi connectivity index (χ1n) is 12.0. The first kappa shape index (κ1) is 21.3. The average molecular weight is 437 g/mol. The maximum atomic E-state index is 13.3. The van der Waals surface area contributed by atoms with Gasteiger partial charge in [-0.15, -0.1) is 0 Å². The fraction of sp³-hybridized carbons (Fsp3) is 0.556. The number of hydrogen-bond donors (Lipinski definition) is 0. The monoisotopic (exact) mass is 436 g/mol. The Morgan fingerprint density at radius 2 is 1.53 bits per heavy atom. The van der Waals surface area contributed by atoms with Crippen LogP contribution in [-0.4, -0.2) is 25.2 Å². The van der Waals surface area contributed by atoms with Crippen molar-refractivity contribution in [1.29, 1.82) is 0 Å². The Morgan fingerprint density at radius 1 is 0.875 bits per heavy atom. The van der Waals surface area contributed by atoms with E-state index >= 15 is 0 Å². The molecule has 2 unspecified atom stereocenters. The van der Waals surface area contributed by atoms with Gasteiger partial charge in [0.25, 0.3) is 0 Å². The molecule has 0 N–H and O–H groups in total. The number of rotatable bonds is 6. The van der Waals surface area contributed by atoms with Gasteiger partial charge in [0.2, 0.25) is 0 Å². The molecule has 2 atom stereocenters. The largest absolute Gasteiger partial charge is 0.468 e. The molecule has 0 bridgehead atoms. The van der Waals surface area contributed by atoms with Gasteiger partial charge in [0.05, 0.1) is 19.5 Å². The van der Waals surface area contributed by atoms with Crippen LogP contribution in [0.25, 0.3) is 0 Å². The van der Waals surface area contributed by atoms with Gasteiger partial charge >= 0.3 is 11.9 Å². The lowest BCUT2D eigenvalue weighted by Crippen LogP contribution is -2.42. The summed E-state index contributed by atoms with van der Waals surface area (Å²) in [7, 11) is 0. The van der Waals surface area contributed by atoms with Crippen molar-refractivity contribution in [3.05, 3.63) is 59.0 Å². The highest BCUT2D eigenvalue weighted by Gasteiger charge is 2.82. The maximum absolute atomic E-state index is 13.3. The van der Waals surface area contributed by atoms with Crippen molar-refractivity contribution < 1.29 is 23.5 Å². The van der Waals surface area contributed by atoms with E-state index in [4.69, 9.17) is 13.9 Å². The molecule has 0 saturated heterocycles. The number of carbonyl (C=O) groups excluding carboxylic acids is 2. The summed E-state index contributed by atoms with van der Waals surface area (Å²) in [6, 6.07) is 10.3. The molecule has 3 aliphatic carbocycles. The normalized spacial score (nSPS) is 27.7. The Hall–Kier alpha value is -2.56. The van der Waals surface area contributed by atoms with Gasteiger partial charge in [-0.25, -0.2) is 0 Å². The molecule has 1 aromatic heterocycles. The second-order valence-corrected chi connectivity index (χ2v) is 9.71. The summed E-state index contributed by atoms with van der Waals surface area (Å²) in [5, 5.41) is 0. The lowest BCUT2D eigenvalue weighted by molar-refractivity contribution is -0.172. The van der Waals surface area contributed by atoms with E-state index in [0.717, 1.165) is 37.0 Å². The van der Waals surface area contributed by atoms with Gasteiger partial charge in [0.1, 0.15) is 5.76 Å². The summed E-state index contributed by atoms with van der Waals surface area (Å²) in [5.41, 5.74) is 1.76. The molecular formula is C27H32O5. The number of hydrogen-bond acceptors (Lipinski definition) is 5. The zero-order valence-corrected chi connectivity index (χ0v) is 19.1. The Kier molecular flexibility index (Phi) is 5.18. The van der Waals surface area contributed by atoms with Crippen LogP contribution in [0.3, 0.4) is 0 Å². The van der Waals surface area contributed by atoms with Crippen molar-refractivity contribution in [3.8, 4) is 0 Å². The molecule has 3 aliphatic rings. The molecule has 1 aromatic carbocycles. The first-order valence-corrected chi connectivity index (χ1v) is 12.0. The fourth-order valence-corrected chi connectivity index (χ4v) is 6.65. The van der Waals surface area contributed by atoms with E-state index in [9.17, 15) is 9.59 Å². The molecule has 170 valence electrons. The van der Waals surface area contributed by atoms with Gasteiger partial charge < -0.3 is 13.9 Å². The predicted molar refractivity (Wildman–Crippen MR) is 119 cm³/mol. The van der Waals surface area contributed by atoms with Crippen molar-refractivity contribution in [3.63, 3.8) is 0 Å². The molecule has 0 radical (unpaired) electrons. The topological polar surface area (TPSA) is 65.7 Å². The van der Waals surface area contributed by atoms with Crippen LogP contribution in [0.4, 0.5) is 0 Å². The highest BCUT2D eigenvalue weighted by molar-refractivity contribution is 6.02. The van der Waals surface area contributed by atoms with Gasteiger partial charge in [-0.1, -0.05) is 36.8 Å². The number of benzene rings is 1. The van der Waals surface area contributed by atoms with Crippen molar-refractivity contribution >= 4 is 11.9 Å². The summed E-state index contributed by atoms with van der Waals surface area (Å²) in [4.78, 5) is 26.7. The Morgan fingerprint density at radius 3 is 2.22 bits per heavy atom. The Labute approximate surface area is 189 Å². The molecule has 5 rings (SSSR count). The number of furan rings is 1. The number of carbonyl (C=O) groups is 2. The number of esters is 2. The van der Waals surface area contributed by atoms with Crippen LogP contribution in [0, 0.1) is 5.41 Å². The molecule has 32 heavy (non-hydrogen) atoms. The second kappa shape index (κ2) is 7.79. The summed E-state index contributed by atoms with van der Waals surface area (Å²) in [6.07, 6.45) is 9.17. The van der Waals surface area contributed by atoms with Gasteiger partial charge in [0, 0.05) is 10.8 Å². The fourth-order valence-electron chi connectivity index (χ4n) is 6.65. The molecule has 5 heteroatoms. The van der Waals surface area contributed by atoms with Gasteiger partial charge in [-0.3, -0.25) is 9.59 Å². The molecule has 2 fully saturated rings. The van der Waals surface area contributed by atoms with E-state index in [-0.39, 0.29) is 24.0 Å². The van der Waals surface area contributed by atoms with E-state index < -0.39 is 17.4 Å². The van der Waals surface area contributed by atoms with Crippen LogP contribution in [-0.2, 0) is 42.7 Å². The molecule has 0 amide bonds. The van der Waals surface area contributed by atoms with Crippen molar-refractivity contribution in [2.45, 2.75) is 76.0 Å².